The number of alkyl carbamates (subject to hydrolysis) is 1. The number of nitrogens with one attached hydrogen (secondary N) is 2. The number of Topliss-reactive ketones (excluding diaryl/α,β-unsaturated/α-hetero) is 1. The van der Waals surface area contributed by atoms with E-state index < -0.39 is 59.1 Å². The summed E-state index contributed by atoms with van der Waals surface area (Å²) in [5.74, 6) is -1.56. The molecule has 1 aliphatic rings. The van der Waals surface area contributed by atoms with Crippen molar-refractivity contribution >= 4 is 40.9 Å². The van der Waals surface area contributed by atoms with Gasteiger partial charge in [0.25, 0.3) is 0 Å². The number of aliphatic hydroxyl groups is 1. The number of aliphatic hydroxyl groups excluding tert-OH is 1. The van der Waals surface area contributed by atoms with E-state index in [-0.39, 0.29) is 63.4 Å². The van der Waals surface area contributed by atoms with Crippen molar-refractivity contribution in [3.8, 4) is 10.4 Å². The Balaban J connectivity index is 1.05. The molecule has 4 rings (SSSR count). The number of primary amides is 1. The lowest BCUT2D eigenvalue weighted by Gasteiger charge is -2.35. The molecule has 0 saturated carbocycles. The summed E-state index contributed by atoms with van der Waals surface area (Å²) in [6.07, 6.45) is 0.679. The standard InChI is InChI=1S/C53H79N5O12S/c1-35(40-16-18-41(19-17-40)48-36(2)55-34-71-48)29-45(60)44-30-42(59)31-58(44)50(63)49(52(4,5)6)57-47(62)33-68-28-27-67-26-25-66-24-23-65-22-10-11-38-12-14-39(15-13-38)32-69-37(3)43(20-21-46(54)61)56-51(64)70-53(7,8)9/h12-19,34-35,37,42-44,49,59H,10-11,20-33H2,1-9H3,(H2,54,61)(H,56,64)(H,57,62)/t35-,37-,42-,43+,44+,49-/m1/s1. The number of aromatic nitrogens is 1. The highest BCUT2D eigenvalue weighted by Gasteiger charge is 2.44. The quantitative estimate of drug-likeness (QED) is 0.0529. The van der Waals surface area contributed by atoms with Crippen molar-refractivity contribution in [3.05, 3.63) is 76.4 Å². The minimum atomic E-state index is -0.946. The summed E-state index contributed by atoms with van der Waals surface area (Å²) < 4.78 is 33.9. The summed E-state index contributed by atoms with van der Waals surface area (Å²) in [5, 5.41) is 16.3. The molecule has 0 radical (unpaired) electrons. The predicted molar refractivity (Wildman–Crippen MR) is 272 cm³/mol. The number of carbonyl (C=O) groups is 5. The lowest BCUT2D eigenvalue weighted by molar-refractivity contribution is -0.144. The summed E-state index contributed by atoms with van der Waals surface area (Å²) in [6, 6.07) is 14.1. The number of rotatable bonds is 30. The van der Waals surface area contributed by atoms with Crippen molar-refractivity contribution < 1.29 is 57.5 Å². The number of ether oxygens (including phenoxy) is 6. The molecule has 2 heterocycles. The molecular formula is C53H79N5O12S. The SMILES string of the molecule is Cc1ncsc1-c1ccc([C@H](C)CC(=O)[C@@H]2C[C@@H](O)CN2C(=O)[C@@H](NC(=O)COCCOCCOCCOCCCc2ccc(CO[C@H](C)[C@H](CCC(N)=O)NC(=O)OC(C)(C)C)cc2)C(C)(C)C)cc1. The van der Waals surface area contributed by atoms with Gasteiger partial charge in [-0.05, 0) is 87.5 Å². The van der Waals surface area contributed by atoms with Gasteiger partial charge in [0.2, 0.25) is 17.7 Å². The summed E-state index contributed by atoms with van der Waals surface area (Å²) in [6.45, 7) is 19.3. The van der Waals surface area contributed by atoms with E-state index in [4.69, 9.17) is 34.2 Å². The maximum Gasteiger partial charge on any atom is 0.407 e. The lowest BCUT2D eigenvalue weighted by atomic mass is 9.85. The van der Waals surface area contributed by atoms with E-state index in [0.29, 0.717) is 46.1 Å². The molecule has 1 saturated heterocycles. The van der Waals surface area contributed by atoms with Crippen LogP contribution in [-0.4, -0.2) is 140 Å². The molecule has 18 heteroatoms. The number of hydrogen-bond donors (Lipinski definition) is 4. The molecule has 3 aromatic rings. The third-order valence-electron chi connectivity index (χ3n) is 12.0. The Bertz CT molecular complexity index is 2120. The molecule has 0 bridgehead atoms. The fraction of sp³-hybridized carbons (Fsp3) is 0.623. The first kappa shape index (κ1) is 58.7. The molecule has 2 aromatic carbocycles. The van der Waals surface area contributed by atoms with Gasteiger partial charge in [-0.1, -0.05) is 76.2 Å². The smallest absolute Gasteiger partial charge is 0.407 e. The molecular weight excluding hydrogens is 931 g/mol. The molecule has 0 spiro atoms. The molecule has 5 N–H and O–H groups in total. The topological polar surface area (TPSA) is 227 Å². The number of aryl methyl sites for hydroxylation is 2. The second-order valence-electron chi connectivity index (χ2n) is 20.3. The van der Waals surface area contributed by atoms with Crippen LogP contribution in [0.4, 0.5) is 4.79 Å². The Morgan fingerprint density at radius 1 is 0.845 bits per heavy atom. The van der Waals surface area contributed by atoms with E-state index in [9.17, 15) is 29.1 Å². The fourth-order valence-electron chi connectivity index (χ4n) is 8.01. The van der Waals surface area contributed by atoms with Gasteiger partial charge in [0, 0.05) is 32.4 Å². The van der Waals surface area contributed by atoms with Crippen LogP contribution in [0.2, 0.25) is 0 Å². The number of ketones is 1. The second kappa shape index (κ2) is 29.0. The fourth-order valence-corrected chi connectivity index (χ4v) is 8.82. The Kier molecular flexibility index (Phi) is 24.0. The molecule has 1 fully saturated rings. The van der Waals surface area contributed by atoms with Gasteiger partial charge in [0.1, 0.15) is 18.2 Å². The molecule has 394 valence electrons. The van der Waals surface area contributed by atoms with Crippen LogP contribution in [0, 0.1) is 12.3 Å². The van der Waals surface area contributed by atoms with Crippen molar-refractivity contribution in [3.63, 3.8) is 0 Å². The van der Waals surface area contributed by atoms with Gasteiger partial charge in [-0.15, -0.1) is 11.3 Å². The van der Waals surface area contributed by atoms with E-state index in [0.717, 1.165) is 40.1 Å². The maximum absolute atomic E-state index is 14.0. The molecule has 71 heavy (non-hydrogen) atoms. The van der Waals surface area contributed by atoms with E-state index in [1.54, 1.807) is 32.1 Å². The lowest BCUT2D eigenvalue weighted by Crippen LogP contribution is -2.57. The molecule has 4 amide bonds. The minimum Gasteiger partial charge on any atom is -0.444 e. The Hall–Kier alpha value is -4.82. The van der Waals surface area contributed by atoms with Gasteiger partial charge < -0.3 is 54.8 Å². The highest BCUT2D eigenvalue weighted by molar-refractivity contribution is 7.13. The van der Waals surface area contributed by atoms with Crippen LogP contribution in [0.1, 0.15) is 116 Å². The largest absolute Gasteiger partial charge is 0.444 e. The van der Waals surface area contributed by atoms with Gasteiger partial charge in [-0.3, -0.25) is 19.2 Å². The van der Waals surface area contributed by atoms with E-state index in [1.807, 2.05) is 83.5 Å². The predicted octanol–water partition coefficient (Wildman–Crippen LogP) is 6.44. The average molecular weight is 1010 g/mol. The third kappa shape index (κ3) is 21.0. The zero-order chi connectivity index (χ0) is 52.1. The Morgan fingerprint density at radius 2 is 1.45 bits per heavy atom. The Labute approximate surface area is 424 Å². The van der Waals surface area contributed by atoms with Crippen LogP contribution in [0.15, 0.2) is 54.0 Å². The Morgan fingerprint density at radius 3 is 2.03 bits per heavy atom. The van der Waals surface area contributed by atoms with Crippen LogP contribution in [0.5, 0.6) is 0 Å². The van der Waals surface area contributed by atoms with Crippen LogP contribution in [-0.2, 0) is 60.6 Å². The zero-order valence-electron chi connectivity index (χ0n) is 43.3. The van der Waals surface area contributed by atoms with Gasteiger partial charge in [-0.25, -0.2) is 9.78 Å². The number of likely N-dealkylation sites (tertiary alicyclic amines) is 1. The molecule has 1 aliphatic heterocycles. The number of benzene rings is 2. The monoisotopic (exact) mass is 1010 g/mol. The second-order valence-corrected chi connectivity index (χ2v) is 21.2. The molecule has 6 atom stereocenters. The average Bonchev–Trinajstić information content (AvgIpc) is 3.93. The molecule has 17 nitrogen and oxygen atoms in total. The highest BCUT2D eigenvalue weighted by Crippen LogP contribution is 2.32. The first-order valence-electron chi connectivity index (χ1n) is 24.7. The number of nitrogens with two attached hydrogens (primary N) is 1. The van der Waals surface area contributed by atoms with Crippen molar-refractivity contribution in [1.82, 2.24) is 20.5 Å². The van der Waals surface area contributed by atoms with E-state index >= 15 is 0 Å². The van der Waals surface area contributed by atoms with Crippen molar-refractivity contribution in [2.75, 3.05) is 59.4 Å². The molecule has 1 aromatic heterocycles. The van der Waals surface area contributed by atoms with Crippen LogP contribution >= 0.6 is 11.3 Å². The first-order valence-corrected chi connectivity index (χ1v) is 25.6. The van der Waals surface area contributed by atoms with Crippen LogP contribution in [0.25, 0.3) is 10.4 Å². The maximum atomic E-state index is 14.0. The van der Waals surface area contributed by atoms with Crippen LogP contribution < -0.4 is 16.4 Å². The summed E-state index contributed by atoms with van der Waals surface area (Å²) >= 11 is 1.59. The highest BCUT2D eigenvalue weighted by atomic mass is 32.1. The van der Waals surface area contributed by atoms with E-state index in [1.165, 1.54) is 10.5 Å². The van der Waals surface area contributed by atoms with Gasteiger partial charge in [0.15, 0.2) is 5.78 Å². The van der Waals surface area contributed by atoms with Gasteiger partial charge in [-0.2, -0.15) is 0 Å². The summed E-state index contributed by atoms with van der Waals surface area (Å²) in [5.41, 5.74) is 11.0. The van der Waals surface area contributed by atoms with E-state index in [2.05, 4.69) is 27.8 Å². The van der Waals surface area contributed by atoms with Gasteiger partial charge >= 0.3 is 6.09 Å². The molecule has 0 unspecified atom stereocenters. The van der Waals surface area contributed by atoms with Crippen LogP contribution in [0.3, 0.4) is 0 Å². The zero-order valence-corrected chi connectivity index (χ0v) is 44.1. The van der Waals surface area contributed by atoms with Crippen molar-refractivity contribution in [2.45, 2.75) is 149 Å². The summed E-state index contributed by atoms with van der Waals surface area (Å²) in [4.78, 5) is 71.4. The molecule has 0 aliphatic carbocycles. The normalized spacial score (nSPS) is 16.8. The number of hydrogen-bond acceptors (Lipinski definition) is 14. The number of carbonyl (C=O) groups excluding carboxylic acids is 5. The number of nitrogens with zero attached hydrogens (tertiary/aromatic N) is 2. The van der Waals surface area contributed by atoms with Crippen molar-refractivity contribution in [1.29, 1.82) is 0 Å². The van der Waals surface area contributed by atoms with Gasteiger partial charge in [0.05, 0.1) is 86.6 Å². The number of amides is 4. The summed E-state index contributed by atoms with van der Waals surface area (Å²) in [7, 11) is 0. The minimum absolute atomic E-state index is 0.0151. The number of thiazole rings is 1. The number of β-amino-alcohol motifs (C(OH)–C–C–N with tert-alkyl or cyclic N) is 1. The van der Waals surface area contributed by atoms with Crippen molar-refractivity contribution in [2.24, 2.45) is 11.1 Å². The third-order valence-corrected chi connectivity index (χ3v) is 12.9. The first-order chi connectivity index (χ1) is 33.6.